The molecule has 2 rings (SSSR count). The molecule has 3 atom stereocenters. The normalized spacial score (nSPS) is 34.8. The summed E-state index contributed by atoms with van der Waals surface area (Å²) >= 11 is 0. The number of likely N-dealkylation sites (N-methyl/N-ethyl adjacent to an activating group) is 1. The van der Waals surface area contributed by atoms with E-state index in [0.717, 1.165) is 38.9 Å². The predicted octanol–water partition coefficient (Wildman–Crippen LogP) is 0.290. The van der Waals surface area contributed by atoms with Gasteiger partial charge in [-0.2, -0.15) is 0 Å². The van der Waals surface area contributed by atoms with Crippen LogP contribution in [0.2, 0.25) is 0 Å². The van der Waals surface area contributed by atoms with Crippen LogP contribution >= 0.6 is 0 Å². The quantitative estimate of drug-likeness (QED) is 0.779. The number of hydrogen-bond donors (Lipinski definition) is 2. The van der Waals surface area contributed by atoms with Crippen LogP contribution in [0.1, 0.15) is 32.6 Å². The number of piperidine rings is 1. The van der Waals surface area contributed by atoms with Crippen LogP contribution in [0.4, 0.5) is 0 Å². The van der Waals surface area contributed by atoms with Gasteiger partial charge in [0, 0.05) is 25.7 Å². The van der Waals surface area contributed by atoms with Crippen molar-refractivity contribution in [3.8, 4) is 0 Å². The average molecular weight is 283 g/mol. The van der Waals surface area contributed by atoms with Gasteiger partial charge in [-0.1, -0.05) is 6.92 Å². The number of nitrogens with one attached hydrogen (secondary N) is 1. The highest BCUT2D eigenvalue weighted by molar-refractivity contribution is 5.83. The largest absolute Gasteiger partial charge is 0.391 e. The summed E-state index contributed by atoms with van der Waals surface area (Å²) in [6.45, 7) is 5.23. The summed E-state index contributed by atoms with van der Waals surface area (Å²) in [7, 11) is 4.04. The minimum absolute atomic E-state index is 0.151. The summed E-state index contributed by atoms with van der Waals surface area (Å²) < 4.78 is 0. The Morgan fingerprint density at radius 3 is 2.80 bits per heavy atom. The lowest BCUT2D eigenvalue weighted by molar-refractivity contribution is -0.145. The van der Waals surface area contributed by atoms with Crippen LogP contribution in [0.3, 0.4) is 0 Å². The molecule has 0 spiro atoms. The molecular formula is C15H29N3O2. The SMILES string of the molecule is CCC1(C(=O)N2CC(O)CC2CN(C)C)CCCNC1. The lowest BCUT2D eigenvalue weighted by atomic mass is 9.77. The van der Waals surface area contributed by atoms with E-state index in [-0.39, 0.29) is 23.5 Å². The fourth-order valence-corrected chi connectivity index (χ4v) is 3.64. The van der Waals surface area contributed by atoms with Gasteiger partial charge in [0.2, 0.25) is 5.91 Å². The van der Waals surface area contributed by atoms with Gasteiger partial charge in [0.1, 0.15) is 0 Å². The van der Waals surface area contributed by atoms with Gasteiger partial charge < -0.3 is 20.2 Å². The molecule has 0 aromatic rings. The molecular weight excluding hydrogens is 254 g/mol. The summed E-state index contributed by atoms with van der Waals surface area (Å²) in [5.41, 5.74) is -0.257. The number of carbonyl (C=O) groups is 1. The van der Waals surface area contributed by atoms with Gasteiger partial charge in [-0.05, 0) is 46.3 Å². The molecule has 0 bridgehead atoms. The molecule has 116 valence electrons. The first kappa shape index (κ1) is 15.7. The number of carbonyl (C=O) groups excluding carboxylic acids is 1. The number of aliphatic hydroxyl groups excluding tert-OH is 1. The number of likely N-dealkylation sites (tertiary alicyclic amines) is 1. The minimum atomic E-state index is -0.366. The van der Waals surface area contributed by atoms with E-state index in [1.54, 1.807) is 0 Å². The second-order valence-corrected chi connectivity index (χ2v) is 6.68. The van der Waals surface area contributed by atoms with Crippen molar-refractivity contribution >= 4 is 5.91 Å². The Morgan fingerprint density at radius 2 is 2.25 bits per heavy atom. The topological polar surface area (TPSA) is 55.8 Å². The van der Waals surface area contributed by atoms with Gasteiger partial charge in [-0.3, -0.25) is 4.79 Å². The van der Waals surface area contributed by atoms with E-state index >= 15 is 0 Å². The van der Waals surface area contributed by atoms with Crippen molar-refractivity contribution < 1.29 is 9.90 Å². The molecule has 20 heavy (non-hydrogen) atoms. The van der Waals surface area contributed by atoms with Crippen LogP contribution in [0.5, 0.6) is 0 Å². The zero-order chi connectivity index (χ0) is 14.8. The van der Waals surface area contributed by atoms with Crippen LogP contribution < -0.4 is 5.32 Å². The molecule has 5 nitrogen and oxygen atoms in total. The van der Waals surface area contributed by atoms with Gasteiger partial charge in [0.05, 0.1) is 11.5 Å². The van der Waals surface area contributed by atoms with Gasteiger partial charge in [-0.25, -0.2) is 0 Å². The average Bonchev–Trinajstić information content (AvgIpc) is 2.78. The lowest BCUT2D eigenvalue weighted by Crippen LogP contribution is -2.54. The number of hydrogen-bond acceptors (Lipinski definition) is 4. The van der Waals surface area contributed by atoms with Crippen molar-refractivity contribution in [3.05, 3.63) is 0 Å². The van der Waals surface area contributed by atoms with Crippen molar-refractivity contribution in [2.24, 2.45) is 5.41 Å². The molecule has 0 aliphatic carbocycles. The highest BCUT2D eigenvalue weighted by Gasteiger charge is 2.45. The third-order valence-corrected chi connectivity index (χ3v) is 4.83. The standard InChI is InChI=1S/C15H29N3O2/c1-4-15(6-5-7-16-11-15)14(20)18-10-13(19)8-12(18)9-17(2)3/h12-13,16,19H,4-11H2,1-3H3. The smallest absolute Gasteiger partial charge is 0.230 e. The maximum Gasteiger partial charge on any atom is 0.230 e. The highest BCUT2D eigenvalue weighted by Crippen LogP contribution is 2.35. The van der Waals surface area contributed by atoms with Crippen LogP contribution in [0, 0.1) is 5.41 Å². The summed E-state index contributed by atoms with van der Waals surface area (Å²) in [5, 5.41) is 13.3. The van der Waals surface area contributed by atoms with Crippen molar-refractivity contribution in [1.29, 1.82) is 0 Å². The molecule has 2 heterocycles. The molecule has 2 N–H and O–H groups in total. The summed E-state index contributed by atoms with van der Waals surface area (Å²) in [6, 6.07) is 0.151. The molecule has 2 saturated heterocycles. The Hall–Kier alpha value is -0.650. The fraction of sp³-hybridized carbons (Fsp3) is 0.933. The number of β-amino-alcohol motifs (C(OH)–C–C–N with tert-alkyl or cyclic N) is 1. The molecule has 5 heteroatoms. The van der Waals surface area contributed by atoms with E-state index in [0.29, 0.717) is 13.0 Å². The minimum Gasteiger partial charge on any atom is -0.391 e. The zero-order valence-corrected chi connectivity index (χ0v) is 13.1. The summed E-state index contributed by atoms with van der Waals surface area (Å²) in [6.07, 6.45) is 3.25. The van der Waals surface area contributed by atoms with Crippen LogP contribution in [-0.4, -0.2) is 73.2 Å². The Bertz CT molecular complexity index is 340. The monoisotopic (exact) mass is 283 g/mol. The van der Waals surface area contributed by atoms with E-state index in [1.807, 2.05) is 19.0 Å². The second kappa shape index (κ2) is 6.41. The molecule has 0 radical (unpaired) electrons. The Morgan fingerprint density at radius 1 is 1.50 bits per heavy atom. The Labute approximate surface area is 122 Å². The van der Waals surface area contributed by atoms with E-state index < -0.39 is 0 Å². The number of aliphatic hydroxyl groups is 1. The number of rotatable bonds is 4. The molecule has 0 aromatic carbocycles. The van der Waals surface area contributed by atoms with Gasteiger partial charge >= 0.3 is 0 Å². The molecule has 2 fully saturated rings. The van der Waals surface area contributed by atoms with Gasteiger partial charge in [-0.15, -0.1) is 0 Å². The fourth-order valence-electron chi connectivity index (χ4n) is 3.64. The molecule has 2 aliphatic rings. The van der Waals surface area contributed by atoms with Crippen LogP contribution in [0.15, 0.2) is 0 Å². The predicted molar refractivity (Wildman–Crippen MR) is 79.5 cm³/mol. The van der Waals surface area contributed by atoms with E-state index in [9.17, 15) is 9.90 Å². The molecule has 2 aliphatic heterocycles. The van der Waals surface area contributed by atoms with E-state index in [2.05, 4.69) is 17.1 Å². The first-order chi connectivity index (χ1) is 9.48. The third kappa shape index (κ3) is 3.15. The molecule has 0 aromatic heterocycles. The number of nitrogens with zero attached hydrogens (tertiary/aromatic N) is 2. The van der Waals surface area contributed by atoms with Gasteiger partial charge in [0.15, 0.2) is 0 Å². The molecule has 1 amide bonds. The van der Waals surface area contributed by atoms with Crippen molar-refractivity contribution in [2.75, 3.05) is 40.3 Å². The number of amides is 1. The van der Waals surface area contributed by atoms with E-state index in [4.69, 9.17) is 0 Å². The first-order valence-corrected chi connectivity index (χ1v) is 7.83. The lowest BCUT2D eigenvalue weighted by Gasteiger charge is -2.40. The second-order valence-electron chi connectivity index (χ2n) is 6.68. The summed E-state index contributed by atoms with van der Waals surface area (Å²) in [5.74, 6) is 0.246. The third-order valence-electron chi connectivity index (χ3n) is 4.83. The van der Waals surface area contributed by atoms with Crippen molar-refractivity contribution in [2.45, 2.75) is 44.8 Å². The highest BCUT2D eigenvalue weighted by atomic mass is 16.3. The van der Waals surface area contributed by atoms with Gasteiger partial charge in [0.25, 0.3) is 0 Å². The molecule has 3 unspecified atom stereocenters. The zero-order valence-electron chi connectivity index (χ0n) is 13.1. The first-order valence-electron chi connectivity index (χ1n) is 7.83. The van der Waals surface area contributed by atoms with Crippen molar-refractivity contribution in [3.63, 3.8) is 0 Å². The Kier molecular flexibility index (Phi) is 5.04. The summed E-state index contributed by atoms with van der Waals surface area (Å²) in [4.78, 5) is 17.1. The van der Waals surface area contributed by atoms with E-state index in [1.165, 1.54) is 0 Å². The maximum absolute atomic E-state index is 13.0. The van der Waals surface area contributed by atoms with Crippen LogP contribution in [-0.2, 0) is 4.79 Å². The maximum atomic E-state index is 13.0. The Balaban J connectivity index is 2.12. The van der Waals surface area contributed by atoms with Crippen LogP contribution in [0.25, 0.3) is 0 Å². The molecule has 0 saturated carbocycles. The van der Waals surface area contributed by atoms with Crippen molar-refractivity contribution in [1.82, 2.24) is 15.1 Å².